The van der Waals surface area contributed by atoms with Crippen molar-refractivity contribution < 1.29 is 9.59 Å². The second-order valence-corrected chi connectivity index (χ2v) is 8.03. The van der Waals surface area contributed by atoms with Gasteiger partial charge in [-0.1, -0.05) is 19.3 Å². The van der Waals surface area contributed by atoms with E-state index in [4.69, 9.17) is 5.73 Å². The molecule has 0 radical (unpaired) electrons. The molecule has 0 aromatic carbocycles. The van der Waals surface area contributed by atoms with Crippen molar-refractivity contribution in [3.63, 3.8) is 0 Å². The molecule has 0 aromatic heterocycles. The Balaban J connectivity index is 1.41. The molecule has 3 rings (SSSR count). The van der Waals surface area contributed by atoms with Gasteiger partial charge in [-0.2, -0.15) is 0 Å². The molecule has 0 unspecified atom stereocenters. The van der Waals surface area contributed by atoms with Gasteiger partial charge in [0.1, 0.15) is 5.78 Å². The van der Waals surface area contributed by atoms with Crippen molar-refractivity contribution in [2.45, 2.75) is 63.8 Å². The normalized spacial score (nSPS) is 26.5. The van der Waals surface area contributed by atoms with Crippen molar-refractivity contribution in [1.82, 2.24) is 9.80 Å². The van der Waals surface area contributed by atoms with Crippen molar-refractivity contribution in [2.75, 3.05) is 32.7 Å². The van der Waals surface area contributed by atoms with Crippen LogP contribution in [0, 0.1) is 11.8 Å². The third-order valence-corrected chi connectivity index (χ3v) is 6.30. The van der Waals surface area contributed by atoms with Gasteiger partial charge in [-0.25, -0.2) is 0 Å². The molecule has 1 atom stereocenters. The summed E-state index contributed by atoms with van der Waals surface area (Å²) >= 11 is 0. The molecule has 0 spiro atoms. The van der Waals surface area contributed by atoms with Gasteiger partial charge >= 0.3 is 0 Å². The molecule has 3 aliphatic rings. The maximum absolute atomic E-state index is 12.7. The highest BCUT2D eigenvalue weighted by Crippen LogP contribution is 2.27. The first-order chi connectivity index (χ1) is 11.6. The molecule has 1 amide bonds. The lowest BCUT2D eigenvalue weighted by Crippen LogP contribution is -2.51. The van der Waals surface area contributed by atoms with Crippen LogP contribution >= 0.6 is 0 Å². The molecule has 0 aromatic rings. The summed E-state index contributed by atoms with van der Waals surface area (Å²) in [5, 5.41) is 0. The van der Waals surface area contributed by atoms with Crippen LogP contribution in [0.4, 0.5) is 0 Å². The predicted octanol–water partition coefficient (Wildman–Crippen LogP) is 1.80. The third-order valence-electron chi connectivity index (χ3n) is 6.30. The number of carbonyl (C=O) groups is 2. The van der Waals surface area contributed by atoms with E-state index in [0.717, 1.165) is 58.4 Å². The smallest absolute Gasteiger partial charge is 0.239 e. The highest BCUT2D eigenvalue weighted by Gasteiger charge is 2.32. The largest absolute Gasteiger partial charge is 0.341 e. The monoisotopic (exact) mass is 335 g/mol. The quantitative estimate of drug-likeness (QED) is 0.851. The summed E-state index contributed by atoms with van der Waals surface area (Å²) in [7, 11) is 0. The zero-order valence-corrected chi connectivity index (χ0v) is 14.9. The number of carbonyl (C=O) groups excluding carboxylic acids is 2. The van der Waals surface area contributed by atoms with E-state index < -0.39 is 0 Å². The number of ketones is 1. The van der Waals surface area contributed by atoms with E-state index in [1.807, 2.05) is 4.90 Å². The summed E-state index contributed by atoms with van der Waals surface area (Å²) in [4.78, 5) is 28.5. The highest BCUT2D eigenvalue weighted by molar-refractivity contribution is 5.82. The lowest BCUT2D eigenvalue weighted by Gasteiger charge is -2.38. The Bertz CT molecular complexity index is 430. The van der Waals surface area contributed by atoms with Crippen LogP contribution in [0.5, 0.6) is 0 Å². The summed E-state index contributed by atoms with van der Waals surface area (Å²) in [5.74, 6) is 1.65. The first-order valence-electron chi connectivity index (χ1n) is 9.92. The molecule has 136 valence electrons. The van der Waals surface area contributed by atoms with Gasteiger partial charge in [0, 0.05) is 45.6 Å². The second-order valence-electron chi connectivity index (χ2n) is 8.03. The van der Waals surface area contributed by atoms with E-state index in [1.54, 1.807) is 0 Å². The van der Waals surface area contributed by atoms with Crippen molar-refractivity contribution in [1.29, 1.82) is 0 Å². The Morgan fingerprint density at radius 3 is 2.25 bits per heavy atom. The van der Waals surface area contributed by atoms with Gasteiger partial charge in [0.15, 0.2) is 0 Å². The summed E-state index contributed by atoms with van der Waals surface area (Å²) < 4.78 is 0. The third kappa shape index (κ3) is 4.57. The molecule has 5 nitrogen and oxygen atoms in total. The topological polar surface area (TPSA) is 66.6 Å². The fraction of sp³-hybridized carbons (Fsp3) is 0.895. The number of nitrogens with zero attached hydrogens (tertiary/aromatic N) is 2. The number of Topliss-reactive ketones (excluding diaryl/α,β-unsaturated/α-hetero) is 1. The molecule has 2 heterocycles. The predicted molar refractivity (Wildman–Crippen MR) is 94.5 cm³/mol. The van der Waals surface area contributed by atoms with Gasteiger partial charge in [-0.15, -0.1) is 0 Å². The van der Waals surface area contributed by atoms with Crippen molar-refractivity contribution in [3.05, 3.63) is 0 Å². The average Bonchev–Trinajstić information content (AvgIpc) is 2.64. The molecule has 24 heavy (non-hydrogen) atoms. The number of amides is 1. The molecule has 1 saturated carbocycles. The number of likely N-dealkylation sites (tertiary alicyclic amines) is 2. The molecular formula is C19H33N3O2. The summed E-state index contributed by atoms with van der Waals surface area (Å²) in [6.45, 7) is 4.65. The van der Waals surface area contributed by atoms with Gasteiger partial charge in [0.25, 0.3) is 0 Å². The van der Waals surface area contributed by atoms with Gasteiger partial charge in [0.05, 0.1) is 6.04 Å². The summed E-state index contributed by atoms with van der Waals surface area (Å²) in [6.07, 6.45) is 9.58. The minimum atomic E-state index is -0.282. The number of hydrogen-bond acceptors (Lipinski definition) is 4. The Labute approximate surface area is 145 Å². The molecule has 5 heteroatoms. The zero-order chi connectivity index (χ0) is 16.9. The molecule has 2 saturated heterocycles. The van der Waals surface area contributed by atoms with Crippen LogP contribution in [-0.4, -0.2) is 60.3 Å². The Morgan fingerprint density at radius 2 is 1.62 bits per heavy atom. The first kappa shape index (κ1) is 17.9. The molecular weight excluding hydrogens is 302 g/mol. The van der Waals surface area contributed by atoms with E-state index in [-0.39, 0.29) is 11.9 Å². The minimum absolute atomic E-state index is 0.184. The van der Waals surface area contributed by atoms with Gasteiger partial charge in [-0.3, -0.25) is 9.59 Å². The molecule has 2 aliphatic heterocycles. The average molecular weight is 335 g/mol. The van der Waals surface area contributed by atoms with E-state index in [1.165, 1.54) is 19.3 Å². The molecule has 3 fully saturated rings. The SMILES string of the molecule is N[C@@H](C(=O)N1CCC(CN2CCC(=O)CC2)CC1)C1CCCCC1. The molecule has 0 bridgehead atoms. The van der Waals surface area contributed by atoms with E-state index in [9.17, 15) is 9.59 Å². The maximum Gasteiger partial charge on any atom is 0.239 e. The molecule has 2 N–H and O–H groups in total. The Morgan fingerprint density at radius 1 is 1.00 bits per heavy atom. The van der Waals surface area contributed by atoms with Gasteiger partial charge < -0.3 is 15.5 Å². The van der Waals surface area contributed by atoms with E-state index >= 15 is 0 Å². The van der Waals surface area contributed by atoms with Crippen LogP contribution in [0.1, 0.15) is 57.8 Å². The number of rotatable bonds is 4. The summed E-state index contributed by atoms with van der Waals surface area (Å²) in [5.41, 5.74) is 6.29. The molecule has 1 aliphatic carbocycles. The fourth-order valence-corrected chi connectivity index (χ4v) is 4.59. The first-order valence-corrected chi connectivity index (χ1v) is 9.92. The lowest BCUT2D eigenvalue weighted by molar-refractivity contribution is -0.135. The van der Waals surface area contributed by atoms with Crippen molar-refractivity contribution in [3.8, 4) is 0 Å². The van der Waals surface area contributed by atoms with Crippen LogP contribution in [0.25, 0.3) is 0 Å². The Hall–Kier alpha value is -0.940. The number of nitrogens with two attached hydrogens (primary N) is 1. The van der Waals surface area contributed by atoms with Crippen molar-refractivity contribution >= 4 is 11.7 Å². The van der Waals surface area contributed by atoms with Crippen LogP contribution in [-0.2, 0) is 9.59 Å². The van der Waals surface area contributed by atoms with Crippen molar-refractivity contribution in [2.24, 2.45) is 17.6 Å². The van der Waals surface area contributed by atoms with E-state index in [2.05, 4.69) is 4.90 Å². The van der Waals surface area contributed by atoms with E-state index in [0.29, 0.717) is 30.5 Å². The van der Waals surface area contributed by atoms with Crippen LogP contribution in [0.3, 0.4) is 0 Å². The van der Waals surface area contributed by atoms with Gasteiger partial charge in [0.2, 0.25) is 5.91 Å². The van der Waals surface area contributed by atoms with Crippen LogP contribution < -0.4 is 5.73 Å². The fourth-order valence-electron chi connectivity index (χ4n) is 4.59. The standard InChI is InChI=1S/C19H33N3O2/c20-18(16-4-2-1-3-5-16)19(24)22-12-6-15(7-13-22)14-21-10-8-17(23)9-11-21/h15-16,18H,1-14,20H2/t18-/m1/s1. The Kier molecular flexibility index (Phi) is 6.28. The highest BCUT2D eigenvalue weighted by atomic mass is 16.2. The zero-order valence-electron chi connectivity index (χ0n) is 14.9. The number of hydrogen-bond donors (Lipinski definition) is 1. The second kappa shape index (κ2) is 8.43. The van der Waals surface area contributed by atoms with Crippen LogP contribution in [0.15, 0.2) is 0 Å². The number of piperidine rings is 2. The van der Waals surface area contributed by atoms with Crippen LogP contribution in [0.2, 0.25) is 0 Å². The lowest BCUT2D eigenvalue weighted by atomic mass is 9.83. The maximum atomic E-state index is 12.7. The minimum Gasteiger partial charge on any atom is -0.341 e. The van der Waals surface area contributed by atoms with Gasteiger partial charge in [-0.05, 0) is 37.5 Å². The summed E-state index contributed by atoms with van der Waals surface area (Å²) in [6, 6.07) is -0.282.